The number of rotatable bonds is 5. The molecule has 1 aromatic rings. The molecule has 0 aliphatic rings. The third kappa shape index (κ3) is 4.47. The Labute approximate surface area is 116 Å². The number of sulfonamides is 1. The van der Waals surface area contributed by atoms with Gasteiger partial charge in [-0.2, -0.15) is 0 Å². The fourth-order valence-electron chi connectivity index (χ4n) is 1.78. The molecule has 0 aliphatic heterocycles. The zero-order valence-corrected chi connectivity index (χ0v) is 13.1. The Kier molecular flexibility index (Phi) is 4.92. The van der Waals surface area contributed by atoms with Crippen molar-refractivity contribution in [3.05, 3.63) is 18.3 Å². The lowest BCUT2D eigenvalue weighted by Crippen LogP contribution is -2.34. The molecule has 0 bridgehead atoms. The summed E-state index contributed by atoms with van der Waals surface area (Å²) in [6.07, 6.45) is 1.51. The molecule has 1 rings (SSSR count). The molecule has 0 spiro atoms. The van der Waals surface area contributed by atoms with E-state index in [4.69, 9.17) is 0 Å². The van der Waals surface area contributed by atoms with Crippen LogP contribution in [-0.2, 0) is 10.0 Å². The van der Waals surface area contributed by atoms with Crippen LogP contribution in [0.25, 0.3) is 0 Å². The van der Waals surface area contributed by atoms with E-state index in [1.54, 1.807) is 13.1 Å². The van der Waals surface area contributed by atoms with E-state index in [2.05, 4.69) is 10.3 Å². The van der Waals surface area contributed by atoms with Gasteiger partial charge in [-0.1, -0.05) is 20.8 Å². The number of pyridine rings is 1. The molecule has 19 heavy (non-hydrogen) atoms. The molecule has 1 N–H and O–H groups in total. The SMILES string of the molecule is CCNc1cc(S(=O)(=O)N(C)CC(C)(C)C)ccn1. The topological polar surface area (TPSA) is 62.3 Å². The summed E-state index contributed by atoms with van der Waals surface area (Å²) in [5.41, 5.74) is -0.0840. The minimum absolute atomic E-state index is 0.0840. The third-order valence-corrected chi connectivity index (χ3v) is 4.29. The standard InChI is InChI=1S/C13H23N3O2S/c1-6-14-12-9-11(7-8-15-12)19(17,18)16(5)10-13(2,3)4/h7-9H,6,10H2,1-5H3,(H,14,15). The van der Waals surface area contributed by atoms with Gasteiger partial charge in [-0.3, -0.25) is 0 Å². The summed E-state index contributed by atoms with van der Waals surface area (Å²) in [5.74, 6) is 0.577. The molecule has 5 nitrogen and oxygen atoms in total. The summed E-state index contributed by atoms with van der Waals surface area (Å²) in [6, 6.07) is 3.09. The second-order valence-electron chi connectivity index (χ2n) is 5.73. The minimum atomic E-state index is -3.46. The largest absolute Gasteiger partial charge is 0.370 e. The summed E-state index contributed by atoms with van der Waals surface area (Å²) in [5, 5.41) is 3.01. The summed E-state index contributed by atoms with van der Waals surface area (Å²) in [7, 11) is -1.85. The maximum absolute atomic E-state index is 12.4. The van der Waals surface area contributed by atoms with Gasteiger partial charge in [0.05, 0.1) is 4.90 Å². The highest BCUT2D eigenvalue weighted by atomic mass is 32.2. The van der Waals surface area contributed by atoms with E-state index in [9.17, 15) is 8.42 Å². The third-order valence-electron chi connectivity index (χ3n) is 2.49. The first-order chi connectivity index (χ1) is 8.66. The van der Waals surface area contributed by atoms with Crippen LogP contribution in [0.15, 0.2) is 23.2 Å². The van der Waals surface area contributed by atoms with Crippen LogP contribution in [0.2, 0.25) is 0 Å². The van der Waals surface area contributed by atoms with E-state index >= 15 is 0 Å². The van der Waals surface area contributed by atoms with Crippen molar-refractivity contribution in [3.8, 4) is 0 Å². The summed E-state index contributed by atoms with van der Waals surface area (Å²) in [4.78, 5) is 4.35. The number of nitrogens with one attached hydrogen (secondary N) is 1. The molecule has 0 aromatic carbocycles. The van der Waals surface area contributed by atoms with Gasteiger partial charge in [-0.15, -0.1) is 0 Å². The van der Waals surface area contributed by atoms with Gasteiger partial charge in [-0.25, -0.2) is 17.7 Å². The number of hydrogen-bond donors (Lipinski definition) is 1. The monoisotopic (exact) mass is 285 g/mol. The second-order valence-corrected chi connectivity index (χ2v) is 7.77. The van der Waals surface area contributed by atoms with E-state index in [-0.39, 0.29) is 10.3 Å². The van der Waals surface area contributed by atoms with E-state index in [1.165, 1.54) is 16.6 Å². The molecular formula is C13H23N3O2S. The lowest BCUT2D eigenvalue weighted by atomic mass is 9.97. The predicted molar refractivity (Wildman–Crippen MR) is 77.7 cm³/mol. The Morgan fingerprint density at radius 3 is 2.53 bits per heavy atom. The fraction of sp³-hybridized carbons (Fsp3) is 0.615. The summed E-state index contributed by atoms with van der Waals surface area (Å²) < 4.78 is 26.3. The first-order valence-electron chi connectivity index (χ1n) is 6.33. The molecule has 0 radical (unpaired) electrons. The first-order valence-corrected chi connectivity index (χ1v) is 7.77. The van der Waals surface area contributed by atoms with Gasteiger partial charge in [0.2, 0.25) is 10.0 Å². The molecule has 0 atom stereocenters. The molecule has 0 aliphatic carbocycles. The van der Waals surface area contributed by atoms with Crippen LogP contribution in [-0.4, -0.2) is 37.8 Å². The van der Waals surface area contributed by atoms with Gasteiger partial charge < -0.3 is 5.32 Å². The van der Waals surface area contributed by atoms with Crippen LogP contribution in [0, 0.1) is 5.41 Å². The second kappa shape index (κ2) is 5.88. The smallest absolute Gasteiger partial charge is 0.243 e. The summed E-state index contributed by atoms with van der Waals surface area (Å²) in [6.45, 7) is 9.14. The highest BCUT2D eigenvalue weighted by Crippen LogP contribution is 2.21. The number of hydrogen-bond acceptors (Lipinski definition) is 4. The zero-order chi connectivity index (χ0) is 14.7. The van der Waals surface area contributed by atoms with Gasteiger partial charge in [0.1, 0.15) is 5.82 Å². The molecule has 0 saturated heterocycles. The molecule has 0 unspecified atom stereocenters. The van der Waals surface area contributed by atoms with Crippen LogP contribution in [0.5, 0.6) is 0 Å². The van der Waals surface area contributed by atoms with E-state index in [1.807, 2.05) is 27.7 Å². The van der Waals surface area contributed by atoms with Gasteiger partial charge in [0.25, 0.3) is 0 Å². The van der Waals surface area contributed by atoms with Crippen molar-refractivity contribution < 1.29 is 8.42 Å². The molecular weight excluding hydrogens is 262 g/mol. The van der Waals surface area contributed by atoms with Crippen molar-refractivity contribution in [2.45, 2.75) is 32.6 Å². The maximum Gasteiger partial charge on any atom is 0.243 e. The Hall–Kier alpha value is -1.14. The molecule has 0 saturated carbocycles. The van der Waals surface area contributed by atoms with Crippen molar-refractivity contribution in [2.24, 2.45) is 5.41 Å². The average molecular weight is 285 g/mol. The number of anilines is 1. The number of aromatic nitrogens is 1. The van der Waals surface area contributed by atoms with Crippen LogP contribution in [0.4, 0.5) is 5.82 Å². The van der Waals surface area contributed by atoms with Crippen molar-refractivity contribution >= 4 is 15.8 Å². The molecule has 6 heteroatoms. The highest BCUT2D eigenvalue weighted by molar-refractivity contribution is 7.89. The Morgan fingerprint density at radius 1 is 1.37 bits per heavy atom. The Bertz CT molecular complexity index is 521. The van der Waals surface area contributed by atoms with E-state index in [0.29, 0.717) is 18.9 Å². The van der Waals surface area contributed by atoms with Crippen LogP contribution in [0.3, 0.4) is 0 Å². The Morgan fingerprint density at radius 2 is 2.00 bits per heavy atom. The molecule has 108 valence electrons. The van der Waals surface area contributed by atoms with Crippen LogP contribution in [0.1, 0.15) is 27.7 Å². The minimum Gasteiger partial charge on any atom is -0.370 e. The highest BCUT2D eigenvalue weighted by Gasteiger charge is 2.25. The van der Waals surface area contributed by atoms with Crippen molar-refractivity contribution in [2.75, 3.05) is 25.5 Å². The van der Waals surface area contributed by atoms with Crippen LogP contribution >= 0.6 is 0 Å². The quantitative estimate of drug-likeness (QED) is 0.900. The van der Waals surface area contributed by atoms with Crippen molar-refractivity contribution in [1.29, 1.82) is 0 Å². The normalized spacial score (nSPS) is 12.7. The maximum atomic E-state index is 12.4. The van der Waals surface area contributed by atoms with Crippen molar-refractivity contribution in [1.82, 2.24) is 9.29 Å². The van der Waals surface area contributed by atoms with Gasteiger partial charge in [0, 0.05) is 32.4 Å². The Balaban J connectivity index is 3.03. The van der Waals surface area contributed by atoms with Gasteiger partial charge >= 0.3 is 0 Å². The summed E-state index contributed by atoms with van der Waals surface area (Å²) >= 11 is 0. The van der Waals surface area contributed by atoms with Gasteiger partial charge in [-0.05, 0) is 18.4 Å². The average Bonchev–Trinajstić information content (AvgIpc) is 2.27. The molecule has 1 aromatic heterocycles. The van der Waals surface area contributed by atoms with Crippen molar-refractivity contribution in [3.63, 3.8) is 0 Å². The van der Waals surface area contributed by atoms with Crippen LogP contribution < -0.4 is 5.32 Å². The molecule has 0 amide bonds. The number of nitrogens with zero attached hydrogens (tertiary/aromatic N) is 2. The van der Waals surface area contributed by atoms with E-state index in [0.717, 1.165) is 0 Å². The lowest BCUT2D eigenvalue weighted by molar-refractivity contribution is 0.311. The van der Waals surface area contributed by atoms with E-state index < -0.39 is 10.0 Å². The fourth-order valence-corrected chi connectivity index (χ4v) is 3.19. The lowest BCUT2D eigenvalue weighted by Gasteiger charge is -2.26. The first kappa shape index (κ1) is 15.9. The predicted octanol–water partition coefficient (Wildman–Crippen LogP) is 2.18. The molecule has 1 heterocycles. The van der Waals surface area contributed by atoms with Gasteiger partial charge in [0.15, 0.2) is 0 Å². The zero-order valence-electron chi connectivity index (χ0n) is 12.3. The molecule has 0 fully saturated rings.